The molecule has 3 saturated heterocycles. The number of nitriles is 1. The lowest BCUT2D eigenvalue weighted by atomic mass is 9.50. The Bertz CT molecular complexity index is 5080. The van der Waals surface area contributed by atoms with E-state index in [2.05, 4.69) is 45.7 Å². The Labute approximate surface area is 837 Å². The molecule has 8 saturated carbocycles. The largest absolute Gasteiger partial charge is 0.459 e. The van der Waals surface area contributed by atoms with E-state index in [1.165, 1.54) is 11.6 Å². The minimum Gasteiger partial charge on any atom is -0.459 e. The number of aromatic amines is 1. The Morgan fingerprint density at radius 1 is 0.511 bits per heavy atom. The molecule has 4 aromatic rings. The third-order valence-electron chi connectivity index (χ3n) is 31.6. The van der Waals surface area contributed by atoms with Crippen LogP contribution >= 0.6 is 0 Å². The third kappa shape index (κ3) is 29.1. The van der Waals surface area contributed by atoms with Gasteiger partial charge in [0.15, 0.2) is 11.0 Å². The van der Waals surface area contributed by atoms with Crippen LogP contribution in [0.25, 0.3) is 11.1 Å². The normalized spacial score (nSPS) is 25.5. The van der Waals surface area contributed by atoms with Gasteiger partial charge in [0, 0.05) is 61.8 Å². The molecule has 3 N–H and O–H groups in total. The van der Waals surface area contributed by atoms with Gasteiger partial charge in [0.2, 0.25) is 0 Å². The summed E-state index contributed by atoms with van der Waals surface area (Å²) in [5.41, 5.74) is -4.20. The number of aromatic nitrogens is 1. The van der Waals surface area contributed by atoms with E-state index in [1.54, 1.807) is 26.0 Å². The minimum atomic E-state index is -0.974. The highest BCUT2D eigenvalue weighted by atomic mass is 16.7. The van der Waals surface area contributed by atoms with Crippen molar-refractivity contribution >= 4 is 82.6 Å². The van der Waals surface area contributed by atoms with Crippen LogP contribution in [0.2, 0.25) is 0 Å². The second-order valence-corrected chi connectivity index (χ2v) is 46.4. The fourth-order valence-corrected chi connectivity index (χ4v) is 18.8. The molecule has 0 radical (unpaired) electrons. The molecule has 788 valence electrons. The maximum atomic E-state index is 12.4. The van der Waals surface area contributed by atoms with Gasteiger partial charge in [-0.2, -0.15) is 5.26 Å². The number of hydrogen-bond acceptors (Lipinski definition) is 27. The zero-order valence-corrected chi connectivity index (χ0v) is 89.6. The Balaban J connectivity index is 0.000000247. The van der Waals surface area contributed by atoms with Gasteiger partial charge in [0.05, 0.1) is 72.2 Å². The molecule has 15 rings (SSSR count). The highest BCUT2D eigenvalue weighted by molar-refractivity contribution is 6.02. The van der Waals surface area contributed by atoms with E-state index in [0.29, 0.717) is 90.2 Å². The summed E-state index contributed by atoms with van der Waals surface area (Å²) in [4.78, 5) is 160. The molecule has 8 aliphatic carbocycles. The van der Waals surface area contributed by atoms with E-state index in [4.69, 9.17) is 51.9 Å². The van der Waals surface area contributed by atoms with Crippen LogP contribution in [0, 0.1) is 90.2 Å². The van der Waals surface area contributed by atoms with E-state index in [0.717, 1.165) is 95.5 Å². The second-order valence-electron chi connectivity index (χ2n) is 46.4. The van der Waals surface area contributed by atoms with Gasteiger partial charge in [-0.3, -0.25) is 52.9 Å². The van der Waals surface area contributed by atoms with Gasteiger partial charge >= 0.3 is 65.4 Å². The molecule has 0 spiro atoms. The lowest BCUT2D eigenvalue weighted by Crippen LogP contribution is -2.67. The maximum Gasteiger partial charge on any atom is 0.417 e. The summed E-state index contributed by atoms with van der Waals surface area (Å²) in [5, 5.41) is 31.2. The van der Waals surface area contributed by atoms with Crippen molar-refractivity contribution < 1.29 is 120 Å². The van der Waals surface area contributed by atoms with Gasteiger partial charge in [0.1, 0.15) is 52.6 Å². The molecule has 3 aromatic carbocycles. The van der Waals surface area contributed by atoms with E-state index < -0.39 is 102 Å². The molecular weight excluding hydrogens is 1800 g/mol. The predicted molar refractivity (Wildman–Crippen MR) is 534 cm³/mol. The number of hydroxylamine groups is 2. The highest BCUT2D eigenvalue weighted by Crippen LogP contribution is 2.64. The van der Waals surface area contributed by atoms with Crippen molar-refractivity contribution in [1.29, 1.82) is 5.26 Å². The fraction of sp³-hybridized carbons (Fsp3) is 0.714. The summed E-state index contributed by atoms with van der Waals surface area (Å²) in [6.45, 7) is 59.8. The maximum absolute atomic E-state index is 12.4. The number of oxazole rings is 1. The van der Waals surface area contributed by atoms with Gasteiger partial charge < -0.3 is 62.1 Å². The Morgan fingerprint density at radius 2 is 0.979 bits per heavy atom. The van der Waals surface area contributed by atoms with Crippen molar-refractivity contribution in [3.05, 3.63) is 100 Å². The number of esters is 9. The Hall–Kier alpha value is -9.82. The molecule has 29 heteroatoms. The number of fused-ring (bicyclic) bond motifs is 3. The number of nitrogens with zero attached hydrogens (tertiary/aromatic N) is 2. The number of H-pyrrole nitrogens is 1. The van der Waals surface area contributed by atoms with Crippen molar-refractivity contribution in [2.75, 3.05) is 0 Å². The van der Waals surface area contributed by atoms with Crippen molar-refractivity contribution in [3.8, 4) is 11.8 Å². The van der Waals surface area contributed by atoms with Gasteiger partial charge in [-0.1, -0.05) is 133 Å². The van der Waals surface area contributed by atoms with Crippen molar-refractivity contribution in [1.82, 2.24) is 10.0 Å². The van der Waals surface area contributed by atoms with E-state index in [9.17, 15) is 77.8 Å². The summed E-state index contributed by atoms with van der Waals surface area (Å²) < 4.78 is 54.7. The molecule has 13 atom stereocenters. The van der Waals surface area contributed by atoms with Crippen LogP contribution in [0.1, 0.15) is 397 Å². The number of ether oxygens (including phenoxy) is 9. The van der Waals surface area contributed by atoms with Crippen LogP contribution in [0.5, 0.6) is 5.75 Å². The van der Waals surface area contributed by atoms with E-state index >= 15 is 0 Å². The van der Waals surface area contributed by atoms with E-state index in [1.807, 2.05) is 221 Å². The molecule has 8 bridgehead atoms. The lowest BCUT2D eigenvalue weighted by molar-refractivity contribution is -0.264. The summed E-state index contributed by atoms with van der Waals surface area (Å²) in [5.74, 6) is -1.99. The van der Waals surface area contributed by atoms with Gasteiger partial charge in [0.25, 0.3) is 11.8 Å². The van der Waals surface area contributed by atoms with Gasteiger partial charge in [-0.15, -0.1) is 5.06 Å². The Morgan fingerprint density at radius 3 is 1.45 bits per heavy atom. The number of imide groups is 1. The average Bonchev–Trinajstić information content (AvgIpc) is 1.67. The third-order valence-corrected chi connectivity index (χ3v) is 31.6. The van der Waals surface area contributed by atoms with Crippen LogP contribution in [-0.4, -0.2) is 144 Å². The number of amides is 2. The number of carbonyl (C=O) groups is 12. The number of benzene rings is 3. The number of nitrogens with one attached hydrogen (secondary N) is 1. The van der Waals surface area contributed by atoms with Crippen molar-refractivity contribution in [3.63, 3.8) is 0 Å². The SMILES string of the molecule is C.CCC(C)(C)C(=O)OC(C)(C)c1ccccc1.CCC(C)(C)C(=O)OC12CC3CC(O)(CC(O)(C3)C1)C2.CCC(C)(C)C(=O)OC1C2CC3C(=O)OC1C3C2.CCC(C)(C)C(=O)OC1C2CC3C1OC(=O)C3(C#N)C2.CCC(C)(C)C(=O)ON1C(=O)CCC1=O.CCC(C)(C)C(=O)Oc1ccc2[nH]c(=O)oc2c1.CCC(C)c1ccc(C(=O)OC(C)(C)C)cc1.CCC(CC)(CC)OC(=O)C(C)(C)CC. The van der Waals surface area contributed by atoms with Crippen LogP contribution in [0.4, 0.5) is 0 Å². The van der Waals surface area contributed by atoms with Gasteiger partial charge in [-0.25, -0.2) is 14.4 Å². The molecule has 3 aliphatic heterocycles. The van der Waals surface area contributed by atoms with Crippen LogP contribution in [0.3, 0.4) is 0 Å². The number of hydrogen-bond donors (Lipinski definition) is 3. The van der Waals surface area contributed by atoms with Crippen molar-refractivity contribution in [2.24, 2.45) is 78.8 Å². The predicted octanol–water partition coefficient (Wildman–Crippen LogP) is 22.0. The average molecular weight is 1970 g/mol. The molecule has 4 heterocycles. The standard InChI is InChI=1S/C16H26O4.C15H19NO4.2C15H22O2.C14H20O4.C13H15NO4.C13H26O2.C10H15NO4.CH4/c1-4-13(2,3)12(17)20-16-7-11-5-14(18,9-16)8-15(19,6-11)10-16;1-4-14(2,3)12(17)19-10-8-5-9-11(10)20-13(18)15(9,6-8)7-16;1-6-11(2)12-7-9-13(10-8-12)14(16)17-15(3,4)5;1-6-14(2,3)13(16)17-15(4,5)12-10-8-7-9-11-12;1-4-14(2,3)13(16)18-10-7-5-8-9(6-7)12(15)17-11(8)10;1-4-13(2,3)11(15)17-8-5-6-9-10(7-8)18-12(16)14-9;1-7-12(5,6)11(14)15-13(8-2,9-3)10-4;1-4-10(2,3)9(14)15-11-7(12)5-6-8(11)13;/h11,18-19H,4-10H2,1-3H3;8-11H,4-6H2,1-3H3;2*7-11H,6H2,1-5H3;7-11H,4-6H2,1-3H3;5-7H,4H2,1-3H3,(H,14,16);7-10H2,1-6H3;4-6H2,1-3H3;1H4. The second kappa shape index (κ2) is 46.9. The van der Waals surface area contributed by atoms with Crippen LogP contribution in [0.15, 0.2) is 82.0 Å². The molecule has 11 fully saturated rings. The van der Waals surface area contributed by atoms with Crippen LogP contribution in [-0.2, 0) is 101 Å². The number of carbonyl (C=O) groups excluding carboxylic acids is 12. The molecule has 29 nitrogen and oxygen atoms in total. The Kier molecular flexibility index (Phi) is 39.9. The summed E-state index contributed by atoms with van der Waals surface area (Å²) in [7, 11) is 0. The summed E-state index contributed by atoms with van der Waals surface area (Å²) >= 11 is 0. The van der Waals surface area contributed by atoms with Gasteiger partial charge in [-0.05, 0) is 294 Å². The first-order valence-corrected chi connectivity index (χ1v) is 50.9. The molecule has 13 unspecified atom stereocenters. The summed E-state index contributed by atoms with van der Waals surface area (Å²) in [6, 6.07) is 24.5. The smallest absolute Gasteiger partial charge is 0.417 e. The molecule has 2 amide bonds. The molecule has 141 heavy (non-hydrogen) atoms. The molecular formula is C112H169N3O26. The zero-order chi connectivity index (χ0) is 106. The molecule has 11 aliphatic rings. The minimum absolute atomic E-state index is 0. The van der Waals surface area contributed by atoms with E-state index in [-0.39, 0.29) is 121 Å². The highest BCUT2D eigenvalue weighted by Gasteiger charge is 2.73. The fourth-order valence-electron chi connectivity index (χ4n) is 18.8. The monoisotopic (exact) mass is 1970 g/mol. The van der Waals surface area contributed by atoms with Crippen molar-refractivity contribution in [2.45, 2.75) is 434 Å². The van der Waals surface area contributed by atoms with Crippen LogP contribution < -0.4 is 10.5 Å². The molecule has 1 aromatic heterocycles. The first kappa shape index (κ1) is 120. The zero-order valence-electron chi connectivity index (χ0n) is 89.6. The first-order valence-electron chi connectivity index (χ1n) is 50.9. The lowest BCUT2D eigenvalue weighted by Gasteiger charge is -2.62. The topological polar surface area (TPSA) is 411 Å². The summed E-state index contributed by atoms with van der Waals surface area (Å²) in [6.07, 6.45) is 14.6. The quantitative estimate of drug-likeness (QED) is 0.0206. The first-order chi connectivity index (χ1) is 64.7. The number of rotatable bonds is 28. The number of aliphatic hydroxyl groups is 2.